The van der Waals surface area contributed by atoms with E-state index in [4.69, 9.17) is 5.73 Å². The molecule has 0 aliphatic rings. The maximum atomic E-state index is 12.6. The number of amides is 1. The first-order valence-corrected chi connectivity index (χ1v) is 7.31. The predicted octanol–water partition coefficient (Wildman–Crippen LogP) is 2.52. The molecule has 0 radical (unpaired) electrons. The third kappa shape index (κ3) is 3.10. The van der Waals surface area contributed by atoms with Gasteiger partial charge in [-0.2, -0.15) is 5.10 Å². The van der Waals surface area contributed by atoms with E-state index in [1.807, 2.05) is 46.8 Å². The van der Waals surface area contributed by atoms with E-state index >= 15 is 0 Å². The van der Waals surface area contributed by atoms with Crippen LogP contribution in [0, 0.1) is 0 Å². The van der Waals surface area contributed by atoms with Gasteiger partial charge in [-0.3, -0.25) is 4.79 Å². The fourth-order valence-corrected chi connectivity index (χ4v) is 2.49. The molecule has 0 bridgehead atoms. The Labute approximate surface area is 130 Å². The van der Waals surface area contributed by atoms with Gasteiger partial charge in [0.25, 0.3) is 5.91 Å². The molecule has 0 spiro atoms. The highest BCUT2D eigenvalue weighted by Crippen LogP contribution is 2.30. The van der Waals surface area contributed by atoms with Gasteiger partial charge in [0.05, 0.1) is 5.56 Å². The standard InChI is InChI=1S/C16H23N5O/c1-6-7-10(2)12-11(15(22)20-16(3,4)5)8-21-13(12)14(17)18-9-19-21/h6-10H,1-5H3,(H,20,22)(H2,17,18,19)/b7-6-. The Morgan fingerprint density at radius 2 is 2.14 bits per heavy atom. The first-order valence-electron chi connectivity index (χ1n) is 7.31. The molecule has 2 heterocycles. The topological polar surface area (TPSA) is 85.3 Å². The number of carbonyl (C=O) groups is 1. The van der Waals surface area contributed by atoms with Crippen molar-refractivity contribution in [1.82, 2.24) is 19.9 Å². The van der Waals surface area contributed by atoms with Crippen LogP contribution in [0.4, 0.5) is 5.82 Å². The van der Waals surface area contributed by atoms with Gasteiger partial charge in [-0.05, 0) is 27.7 Å². The van der Waals surface area contributed by atoms with Crippen LogP contribution >= 0.6 is 0 Å². The lowest BCUT2D eigenvalue weighted by Gasteiger charge is -2.21. The van der Waals surface area contributed by atoms with E-state index in [2.05, 4.69) is 15.4 Å². The summed E-state index contributed by atoms with van der Waals surface area (Å²) in [5.41, 5.74) is 7.80. The van der Waals surface area contributed by atoms with E-state index in [9.17, 15) is 4.79 Å². The fourth-order valence-electron chi connectivity index (χ4n) is 2.49. The molecule has 22 heavy (non-hydrogen) atoms. The molecule has 0 saturated carbocycles. The van der Waals surface area contributed by atoms with Gasteiger partial charge in [-0.25, -0.2) is 9.50 Å². The third-order valence-electron chi connectivity index (χ3n) is 3.31. The minimum absolute atomic E-state index is 0.0315. The zero-order valence-electron chi connectivity index (χ0n) is 13.7. The van der Waals surface area contributed by atoms with Crippen LogP contribution in [0.25, 0.3) is 5.52 Å². The number of rotatable bonds is 3. The predicted molar refractivity (Wildman–Crippen MR) is 87.8 cm³/mol. The second kappa shape index (κ2) is 5.79. The fraction of sp³-hybridized carbons (Fsp3) is 0.438. The highest BCUT2D eigenvalue weighted by Gasteiger charge is 2.25. The van der Waals surface area contributed by atoms with E-state index in [0.29, 0.717) is 16.9 Å². The third-order valence-corrected chi connectivity index (χ3v) is 3.31. The van der Waals surface area contributed by atoms with E-state index in [0.717, 1.165) is 5.56 Å². The smallest absolute Gasteiger partial charge is 0.253 e. The van der Waals surface area contributed by atoms with Crippen LogP contribution < -0.4 is 11.1 Å². The number of fused-ring (bicyclic) bond motifs is 1. The first kappa shape index (κ1) is 16.0. The average Bonchev–Trinajstić information content (AvgIpc) is 2.78. The molecular formula is C16H23N5O. The minimum Gasteiger partial charge on any atom is -0.382 e. The number of nitrogens with one attached hydrogen (secondary N) is 1. The molecule has 0 aromatic carbocycles. The molecule has 2 aromatic heterocycles. The monoisotopic (exact) mass is 301 g/mol. The molecule has 0 fully saturated rings. The lowest BCUT2D eigenvalue weighted by Crippen LogP contribution is -2.40. The molecule has 1 unspecified atom stereocenters. The molecule has 6 heteroatoms. The highest BCUT2D eigenvalue weighted by molar-refractivity contribution is 5.99. The van der Waals surface area contributed by atoms with Crippen molar-refractivity contribution in [2.75, 3.05) is 5.73 Å². The zero-order chi connectivity index (χ0) is 16.5. The molecule has 1 atom stereocenters. The van der Waals surface area contributed by atoms with Crippen LogP contribution in [-0.4, -0.2) is 26.0 Å². The molecular weight excluding hydrogens is 278 g/mol. The number of nitrogens with zero attached hydrogens (tertiary/aromatic N) is 3. The quantitative estimate of drug-likeness (QED) is 0.853. The SMILES string of the molecule is C/C=C\C(C)c1c(C(=O)NC(C)(C)C)cn2ncnc(N)c12. The van der Waals surface area contributed by atoms with E-state index in [1.165, 1.54) is 6.33 Å². The summed E-state index contributed by atoms with van der Waals surface area (Å²) >= 11 is 0. The van der Waals surface area contributed by atoms with Crippen LogP contribution in [0.1, 0.15) is 56.5 Å². The van der Waals surface area contributed by atoms with Gasteiger partial charge in [-0.15, -0.1) is 0 Å². The largest absolute Gasteiger partial charge is 0.382 e. The van der Waals surface area contributed by atoms with Gasteiger partial charge in [-0.1, -0.05) is 19.1 Å². The van der Waals surface area contributed by atoms with Gasteiger partial charge in [0.15, 0.2) is 5.82 Å². The second-order valence-electron chi connectivity index (χ2n) is 6.41. The van der Waals surface area contributed by atoms with Crippen molar-refractivity contribution in [2.45, 2.75) is 46.1 Å². The Balaban J connectivity index is 2.65. The molecule has 3 N–H and O–H groups in total. The van der Waals surface area contributed by atoms with Crippen molar-refractivity contribution < 1.29 is 4.79 Å². The number of nitrogen functional groups attached to an aromatic ring is 1. The lowest BCUT2D eigenvalue weighted by molar-refractivity contribution is 0.0918. The second-order valence-corrected chi connectivity index (χ2v) is 6.41. The van der Waals surface area contributed by atoms with Crippen LogP contribution in [-0.2, 0) is 0 Å². The van der Waals surface area contributed by atoms with Crippen LogP contribution in [0.15, 0.2) is 24.7 Å². The van der Waals surface area contributed by atoms with E-state index in [1.54, 1.807) is 10.7 Å². The Kier molecular flexibility index (Phi) is 4.21. The van der Waals surface area contributed by atoms with Gasteiger partial charge in [0.2, 0.25) is 0 Å². The highest BCUT2D eigenvalue weighted by atomic mass is 16.1. The minimum atomic E-state index is -0.316. The zero-order valence-corrected chi connectivity index (χ0v) is 13.7. The molecule has 2 rings (SSSR count). The summed E-state index contributed by atoms with van der Waals surface area (Å²) in [5.74, 6) is 0.268. The van der Waals surface area contributed by atoms with Crippen molar-refractivity contribution in [3.63, 3.8) is 0 Å². The Hall–Kier alpha value is -2.37. The van der Waals surface area contributed by atoms with E-state index < -0.39 is 0 Å². The van der Waals surface area contributed by atoms with Gasteiger partial charge < -0.3 is 11.1 Å². The lowest BCUT2D eigenvalue weighted by atomic mass is 9.96. The van der Waals surface area contributed by atoms with Crippen molar-refractivity contribution in [2.24, 2.45) is 0 Å². The average molecular weight is 301 g/mol. The number of anilines is 1. The number of hydrogen-bond acceptors (Lipinski definition) is 4. The number of carbonyl (C=O) groups excluding carboxylic acids is 1. The van der Waals surface area contributed by atoms with Gasteiger partial charge in [0, 0.05) is 23.2 Å². The van der Waals surface area contributed by atoms with Gasteiger partial charge >= 0.3 is 0 Å². The number of allylic oxidation sites excluding steroid dienone is 2. The summed E-state index contributed by atoms with van der Waals surface area (Å²) in [5, 5.41) is 7.15. The molecule has 118 valence electrons. The normalized spacial score (nSPS) is 13.7. The first-order chi connectivity index (χ1) is 10.2. The summed E-state index contributed by atoms with van der Waals surface area (Å²) < 4.78 is 1.62. The molecule has 0 aliphatic heterocycles. The molecule has 0 aliphatic carbocycles. The Morgan fingerprint density at radius 3 is 2.73 bits per heavy atom. The van der Waals surface area contributed by atoms with Crippen molar-refractivity contribution in [3.8, 4) is 0 Å². The summed E-state index contributed by atoms with van der Waals surface area (Å²) in [6.07, 6.45) is 7.08. The number of hydrogen-bond donors (Lipinski definition) is 2. The summed E-state index contributed by atoms with van der Waals surface area (Å²) in [6, 6.07) is 0. The Morgan fingerprint density at radius 1 is 1.45 bits per heavy atom. The van der Waals surface area contributed by atoms with Crippen molar-refractivity contribution in [3.05, 3.63) is 35.8 Å². The maximum Gasteiger partial charge on any atom is 0.253 e. The van der Waals surface area contributed by atoms with Crippen LogP contribution in [0.5, 0.6) is 0 Å². The van der Waals surface area contributed by atoms with Crippen molar-refractivity contribution >= 4 is 17.2 Å². The summed E-state index contributed by atoms with van der Waals surface area (Å²) in [7, 11) is 0. The molecule has 2 aromatic rings. The van der Waals surface area contributed by atoms with Crippen LogP contribution in [0.2, 0.25) is 0 Å². The van der Waals surface area contributed by atoms with E-state index in [-0.39, 0.29) is 17.4 Å². The molecule has 6 nitrogen and oxygen atoms in total. The van der Waals surface area contributed by atoms with Crippen molar-refractivity contribution in [1.29, 1.82) is 0 Å². The maximum absolute atomic E-state index is 12.6. The summed E-state index contributed by atoms with van der Waals surface area (Å²) in [4.78, 5) is 16.7. The number of nitrogens with two attached hydrogens (primary N) is 1. The summed E-state index contributed by atoms with van der Waals surface area (Å²) in [6.45, 7) is 9.82. The number of aromatic nitrogens is 3. The van der Waals surface area contributed by atoms with Gasteiger partial charge in [0.1, 0.15) is 11.8 Å². The molecule has 1 amide bonds. The van der Waals surface area contributed by atoms with Crippen LogP contribution in [0.3, 0.4) is 0 Å². The molecule has 0 saturated heterocycles. The Bertz CT molecular complexity index is 724.